The Hall–Kier alpha value is -2.82. The van der Waals surface area contributed by atoms with Crippen LogP contribution in [0.2, 0.25) is 0 Å². The number of H-pyrrole nitrogens is 1. The number of hydrogen-bond donors (Lipinski definition) is 2. The Balaban J connectivity index is 1.84. The molecule has 4 aromatic rings. The maximum atomic E-state index is 12.8. The van der Waals surface area contributed by atoms with Crippen molar-refractivity contribution in [2.75, 3.05) is 6.61 Å². The lowest BCUT2D eigenvalue weighted by atomic mass is 10.1. The second-order valence-electron chi connectivity index (χ2n) is 6.09. The van der Waals surface area contributed by atoms with Crippen LogP contribution in [0.5, 0.6) is 0 Å². The predicted octanol–water partition coefficient (Wildman–Crippen LogP) is 3.41. The van der Waals surface area contributed by atoms with Crippen molar-refractivity contribution in [1.29, 1.82) is 0 Å². The third-order valence-corrected chi connectivity index (χ3v) is 5.42. The molecule has 1 atom stereocenters. The first-order valence-corrected chi connectivity index (χ1v) is 10.2. The molecule has 0 spiro atoms. The summed E-state index contributed by atoms with van der Waals surface area (Å²) < 4.78 is 56.7. The first-order chi connectivity index (χ1) is 13.7. The van der Waals surface area contributed by atoms with Crippen molar-refractivity contribution in [2.24, 2.45) is 0 Å². The first-order valence-electron chi connectivity index (χ1n) is 8.40. The first kappa shape index (κ1) is 19.5. The molecule has 3 aromatic heterocycles. The molecule has 0 fully saturated rings. The third kappa shape index (κ3) is 3.74. The van der Waals surface area contributed by atoms with Crippen molar-refractivity contribution < 1.29 is 27.2 Å². The molecule has 0 saturated carbocycles. The van der Waals surface area contributed by atoms with E-state index in [1.165, 1.54) is 23.0 Å². The highest BCUT2D eigenvalue weighted by molar-refractivity contribution is 7.51. The summed E-state index contributed by atoms with van der Waals surface area (Å²) in [6, 6.07) is 4.38. The Bertz CT molecular complexity index is 1230. The minimum atomic E-state index is -4.45. The SMILES string of the molecule is CCOP(=O)(O)Cc1nc2nc[nH]c2c2nc(-c3ccc(C(F)(F)F)cc3)nn12. The average molecular weight is 426 g/mol. The second-order valence-corrected chi connectivity index (χ2v) is 7.94. The van der Waals surface area contributed by atoms with Gasteiger partial charge in [-0.3, -0.25) is 4.57 Å². The Kier molecular flexibility index (Phi) is 4.64. The standard InChI is InChI=1S/C16H14F3N6O3P/c1-2-28-29(26,27)7-11-22-14-12(20-8-21-14)15-23-13(24-25(11)15)9-3-5-10(6-4-9)16(17,18)19/h3-6,8H,2,7H2,1H3,(H,20,21)(H,26,27). The lowest BCUT2D eigenvalue weighted by Gasteiger charge is -2.10. The molecule has 0 aliphatic rings. The molecule has 4 rings (SSSR count). The van der Waals surface area contributed by atoms with Crippen LogP contribution in [0.25, 0.3) is 28.2 Å². The van der Waals surface area contributed by atoms with E-state index in [2.05, 4.69) is 25.0 Å². The van der Waals surface area contributed by atoms with E-state index in [0.29, 0.717) is 11.1 Å². The molecule has 0 saturated heterocycles. The summed E-state index contributed by atoms with van der Waals surface area (Å²) in [4.78, 5) is 25.5. The lowest BCUT2D eigenvalue weighted by molar-refractivity contribution is -0.137. The summed E-state index contributed by atoms with van der Waals surface area (Å²) in [5.74, 6) is 0.220. The summed E-state index contributed by atoms with van der Waals surface area (Å²) in [5, 5.41) is 4.28. The summed E-state index contributed by atoms with van der Waals surface area (Å²) in [5.41, 5.74) is 0.520. The maximum absolute atomic E-state index is 12.8. The van der Waals surface area contributed by atoms with E-state index in [0.717, 1.165) is 12.1 Å². The fourth-order valence-electron chi connectivity index (χ4n) is 2.82. The average Bonchev–Trinajstić information content (AvgIpc) is 3.27. The highest BCUT2D eigenvalue weighted by Crippen LogP contribution is 2.45. The number of nitrogens with zero attached hydrogens (tertiary/aromatic N) is 5. The van der Waals surface area contributed by atoms with Gasteiger partial charge in [-0.1, -0.05) is 12.1 Å². The predicted molar refractivity (Wildman–Crippen MR) is 96.0 cm³/mol. The highest BCUT2D eigenvalue weighted by atomic mass is 31.2. The van der Waals surface area contributed by atoms with E-state index >= 15 is 0 Å². The number of halogens is 3. The van der Waals surface area contributed by atoms with Gasteiger partial charge in [-0.15, -0.1) is 5.10 Å². The zero-order chi connectivity index (χ0) is 20.8. The minimum absolute atomic E-state index is 0.0374. The van der Waals surface area contributed by atoms with E-state index < -0.39 is 25.5 Å². The van der Waals surface area contributed by atoms with Crippen molar-refractivity contribution in [2.45, 2.75) is 19.3 Å². The van der Waals surface area contributed by atoms with Crippen molar-refractivity contribution in [3.8, 4) is 11.4 Å². The molecule has 3 heterocycles. The van der Waals surface area contributed by atoms with Crippen LogP contribution < -0.4 is 0 Å². The van der Waals surface area contributed by atoms with Gasteiger partial charge in [-0.25, -0.2) is 15.0 Å². The van der Waals surface area contributed by atoms with Crippen molar-refractivity contribution >= 4 is 24.4 Å². The summed E-state index contributed by atoms with van der Waals surface area (Å²) in [6.07, 6.45) is -3.50. The molecule has 1 unspecified atom stereocenters. The fourth-order valence-corrected chi connectivity index (χ4v) is 3.88. The molecule has 0 radical (unpaired) electrons. The molecule has 0 aliphatic heterocycles. The van der Waals surface area contributed by atoms with Crippen LogP contribution in [0, 0.1) is 0 Å². The fraction of sp³-hybridized carbons (Fsp3) is 0.250. The molecular formula is C16H14F3N6O3P. The molecule has 152 valence electrons. The smallest absolute Gasteiger partial charge is 0.340 e. The van der Waals surface area contributed by atoms with Crippen LogP contribution >= 0.6 is 7.60 Å². The topological polar surface area (TPSA) is 118 Å². The zero-order valence-corrected chi connectivity index (χ0v) is 15.8. The Morgan fingerprint density at radius 2 is 1.97 bits per heavy atom. The Morgan fingerprint density at radius 3 is 2.62 bits per heavy atom. The van der Waals surface area contributed by atoms with Crippen molar-refractivity contribution in [3.05, 3.63) is 42.0 Å². The molecule has 0 aliphatic carbocycles. The number of aromatic nitrogens is 6. The largest absolute Gasteiger partial charge is 0.416 e. The van der Waals surface area contributed by atoms with Crippen molar-refractivity contribution in [3.63, 3.8) is 0 Å². The van der Waals surface area contributed by atoms with Gasteiger partial charge in [0.1, 0.15) is 17.5 Å². The molecule has 29 heavy (non-hydrogen) atoms. The van der Waals surface area contributed by atoms with Gasteiger partial charge in [0.25, 0.3) is 0 Å². The van der Waals surface area contributed by atoms with Gasteiger partial charge in [0.2, 0.25) is 0 Å². The van der Waals surface area contributed by atoms with Crippen LogP contribution in [-0.4, -0.2) is 41.1 Å². The van der Waals surface area contributed by atoms with E-state index in [1.54, 1.807) is 6.92 Å². The van der Waals surface area contributed by atoms with Gasteiger partial charge in [0.05, 0.1) is 18.5 Å². The minimum Gasteiger partial charge on any atom is -0.340 e. The summed E-state index contributed by atoms with van der Waals surface area (Å²) >= 11 is 0. The normalized spacial score (nSPS) is 14.5. The number of alkyl halides is 3. The molecule has 0 amide bonds. The van der Waals surface area contributed by atoms with Gasteiger partial charge in [0, 0.05) is 5.56 Å². The molecule has 1 aromatic carbocycles. The molecule has 2 N–H and O–H groups in total. The number of rotatable bonds is 5. The molecular weight excluding hydrogens is 412 g/mol. The Labute approximate surface area is 161 Å². The van der Waals surface area contributed by atoms with E-state index in [-0.39, 0.29) is 29.6 Å². The molecule has 13 heteroatoms. The van der Waals surface area contributed by atoms with Crippen LogP contribution in [0.4, 0.5) is 13.2 Å². The van der Waals surface area contributed by atoms with Gasteiger partial charge in [-0.05, 0) is 19.1 Å². The third-order valence-electron chi connectivity index (χ3n) is 4.07. The molecule has 9 nitrogen and oxygen atoms in total. The maximum Gasteiger partial charge on any atom is 0.416 e. The van der Waals surface area contributed by atoms with Crippen LogP contribution in [0.1, 0.15) is 18.3 Å². The number of fused-ring (bicyclic) bond motifs is 3. The van der Waals surface area contributed by atoms with Gasteiger partial charge >= 0.3 is 13.8 Å². The Morgan fingerprint density at radius 1 is 1.24 bits per heavy atom. The van der Waals surface area contributed by atoms with Gasteiger partial charge in [0.15, 0.2) is 17.1 Å². The lowest BCUT2D eigenvalue weighted by Crippen LogP contribution is -2.05. The quantitative estimate of drug-likeness (QED) is 0.470. The van der Waals surface area contributed by atoms with Crippen LogP contribution in [0.3, 0.4) is 0 Å². The number of hydrogen-bond acceptors (Lipinski definition) is 6. The monoisotopic (exact) mass is 426 g/mol. The van der Waals surface area contributed by atoms with E-state index in [1.807, 2.05) is 0 Å². The summed E-state index contributed by atoms with van der Waals surface area (Å²) in [6.45, 7) is 1.62. The van der Waals surface area contributed by atoms with Crippen LogP contribution in [-0.2, 0) is 21.4 Å². The zero-order valence-electron chi connectivity index (χ0n) is 14.9. The number of imidazole rings is 1. The number of aromatic amines is 1. The second kappa shape index (κ2) is 6.90. The summed E-state index contributed by atoms with van der Waals surface area (Å²) in [7, 11) is -3.98. The van der Waals surface area contributed by atoms with Crippen LogP contribution in [0.15, 0.2) is 30.6 Å². The van der Waals surface area contributed by atoms with Crippen molar-refractivity contribution in [1.82, 2.24) is 29.5 Å². The van der Waals surface area contributed by atoms with E-state index in [9.17, 15) is 22.6 Å². The molecule has 0 bridgehead atoms. The van der Waals surface area contributed by atoms with E-state index in [4.69, 9.17) is 4.52 Å². The van der Waals surface area contributed by atoms with Gasteiger partial charge < -0.3 is 14.4 Å². The number of nitrogens with one attached hydrogen (secondary N) is 1. The van der Waals surface area contributed by atoms with Gasteiger partial charge in [-0.2, -0.15) is 17.7 Å². The number of benzene rings is 1. The highest BCUT2D eigenvalue weighted by Gasteiger charge is 2.30.